The fourth-order valence-electron chi connectivity index (χ4n) is 1.92. The van der Waals surface area contributed by atoms with E-state index >= 15 is 0 Å². The second kappa shape index (κ2) is 7.06. The number of hydrogen-bond donors (Lipinski definition) is 3. The van der Waals surface area contributed by atoms with E-state index in [-0.39, 0.29) is 25.8 Å². The average molecular weight is 289 g/mol. The second-order valence-electron chi connectivity index (χ2n) is 4.64. The van der Waals surface area contributed by atoms with Crippen LogP contribution < -0.4 is 5.73 Å². The van der Waals surface area contributed by atoms with Gasteiger partial charge in [-0.3, -0.25) is 9.59 Å². The summed E-state index contributed by atoms with van der Waals surface area (Å²) >= 11 is 0. The number of aliphatic carboxylic acids is 1. The molecule has 20 heavy (non-hydrogen) atoms. The molecule has 0 bridgehead atoms. The number of nitrogens with zero attached hydrogens (tertiary/aromatic N) is 2. The number of morpholine rings is 1. The van der Waals surface area contributed by atoms with Crippen LogP contribution in [-0.2, 0) is 14.3 Å². The highest BCUT2D eigenvalue weighted by Crippen LogP contribution is 2.14. The first-order valence-electron chi connectivity index (χ1n) is 6.13. The first kappa shape index (κ1) is 16.2. The summed E-state index contributed by atoms with van der Waals surface area (Å²) < 4.78 is 5.29. The third kappa shape index (κ3) is 4.35. The van der Waals surface area contributed by atoms with E-state index in [1.54, 1.807) is 6.92 Å². The molecule has 2 unspecified atom stereocenters. The van der Waals surface area contributed by atoms with Crippen molar-refractivity contribution in [1.82, 2.24) is 9.80 Å². The zero-order chi connectivity index (χ0) is 15.3. The summed E-state index contributed by atoms with van der Waals surface area (Å²) in [5.41, 5.74) is 5.02. The molecule has 1 saturated heterocycles. The van der Waals surface area contributed by atoms with Crippen molar-refractivity contribution in [3.05, 3.63) is 0 Å². The van der Waals surface area contributed by atoms with Crippen LogP contribution in [0.3, 0.4) is 0 Å². The van der Waals surface area contributed by atoms with Crippen LogP contribution in [0, 0.1) is 0 Å². The second-order valence-corrected chi connectivity index (χ2v) is 4.64. The van der Waals surface area contributed by atoms with Gasteiger partial charge in [-0.15, -0.1) is 0 Å². The Morgan fingerprint density at radius 3 is 2.55 bits per heavy atom. The molecule has 0 radical (unpaired) electrons. The van der Waals surface area contributed by atoms with Crippen LogP contribution in [0.25, 0.3) is 0 Å². The molecule has 1 aliphatic rings. The van der Waals surface area contributed by atoms with Gasteiger partial charge in [0.25, 0.3) is 0 Å². The van der Waals surface area contributed by atoms with E-state index < -0.39 is 37.1 Å². The van der Waals surface area contributed by atoms with Crippen molar-refractivity contribution in [2.24, 2.45) is 5.73 Å². The van der Waals surface area contributed by atoms with Gasteiger partial charge in [-0.05, 0) is 6.92 Å². The lowest BCUT2D eigenvalue weighted by atomic mass is 10.2. The maximum Gasteiger partial charge on any atom is 0.323 e. The van der Waals surface area contributed by atoms with Crippen LogP contribution in [0.15, 0.2) is 0 Å². The predicted octanol–water partition coefficient (Wildman–Crippen LogP) is -1.94. The Morgan fingerprint density at radius 1 is 1.40 bits per heavy atom. The van der Waals surface area contributed by atoms with Crippen molar-refractivity contribution >= 4 is 17.9 Å². The van der Waals surface area contributed by atoms with E-state index in [1.807, 2.05) is 0 Å². The molecule has 9 nitrogen and oxygen atoms in total. The Bertz CT molecular complexity index is 372. The number of carbonyl (C=O) groups excluding carboxylic acids is 2. The fraction of sp³-hybridized carbons (Fsp3) is 0.727. The Kier molecular flexibility index (Phi) is 5.71. The first-order chi connectivity index (χ1) is 9.35. The molecule has 0 aromatic rings. The number of primary amides is 1. The molecule has 114 valence electrons. The van der Waals surface area contributed by atoms with E-state index in [1.165, 1.54) is 4.90 Å². The number of carboxylic acids is 1. The molecule has 0 aromatic carbocycles. The van der Waals surface area contributed by atoms with Gasteiger partial charge in [0, 0.05) is 0 Å². The summed E-state index contributed by atoms with van der Waals surface area (Å²) in [6.45, 7) is 0.758. The number of aliphatic hydroxyl groups is 1. The Morgan fingerprint density at radius 2 is 2.05 bits per heavy atom. The van der Waals surface area contributed by atoms with Crippen molar-refractivity contribution in [2.75, 3.05) is 32.8 Å². The lowest BCUT2D eigenvalue weighted by Gasteiger charge is -2.39. The lowest BCUT2D eigenvalue weighted by Crippen LogP contribution is -2.57. The van der Waals surface area contributed by atoms with Crippen molar-refractivity contribution in [2.45, 2.75) is 19.1 Å². The van der Waals surface area contributed by atoms with Crippen LogP contribution in [0.1, 0.15) is 6.92 Å². The summed E-state index contributed by atoms with van der Waals surface area (Å²) in [5.74, 6) is -2.03. The van der Waals surface area contributed by atoms with Crippen molar-refractivity contribution in [1.29, 1.82) is 0 Å². The molecule has 2 atom stereocenters. The van der Waals surface area contributed by atoms with Crippen molar-refractivity contribution in [3.8, 4) is 0 Å². The normalized spacial score (nSPS) is 22.4. The molecule has 1 fully saturated rings. The zero-order valence-electron chi connectivity index (χ0n) is 11.2. The van der Waals surface area contributed by atoms with Crippen LogP contribution >= 0.6 is 0 Å². The van der Waals surface area contributed by atoms with Gasteiger partial charge in [0.05, 0.1) is 31.9 Å². The van der Waals surface area contributed by atoms with Crippen molar-refractivity contribution in [3.63, 3.8) is 0 Å². The third-order valence-corrected chi connectivity index (χ3v) is 2.90. The topological polar surface area (TPSA) is 133 Å². The van der Waals surface area contributed by atoms with Crippen LogP contribution in [0.2, 0.25) is 0 Å². The molecule has 0 saturated carbocycles. The van der Waals surface area contributed by atoms with Gasteiger partial charge in [-0.2, -0.15) is 0 Å². The highest BCUT2D eigenvalue weighted by atomic mass is 16.5. The molecule has 0 spiro atoms. The lowest BCUT2D eigenvalue weighted by molar-refractivity contribution is -0.138. The fourth-order valence-corrected chi connectivity index (χ4v) is 1.92. The Labute approximate surface area is 115 Å². The number of amides is 3. The van der Waals surface area contributed by atoms with Gasteiger partial charge in [0.15, 0.2) is 0 Å². The number of carbonyl (C=O) groups is 3. The minimum atomic E-state index is -1.24. The molecular weight excluding hydrogens is 270 g/mol. The van der Waals surface area contributed by atoms with Crippen molar-refractivity contribution < 1.29 is 29.3 Å². The highest BCUT2D eigenvalue weighted by molar-refractivity contribution is 5.86. The molecule has 9 heteroatoms. The summed E-state index contributed by atoms with van der Waals surface area (Å²) in [4.78, 5) is 36.2. The van der Waals surface area contributed by atoms with E-state index in [9.17, 15) is 14.4 Å². The van der Waals surface area contributed by atoms with Gasteiger partial charge in [-0.1, -0.05) is 0 Å². The van der Waals surface area contributed by atoms with Gasteiger partial charge < -0.3 is 30.5 Å². The molecule has 0 aliphatic carbocycles. The minimum absolute atomic E-state index is 0.130. The first-order valence-corrected chi connectivity index (χ1v) is 6.13. The smallest absolute Gasteiger partial charge is 0.323 e. The van der Waals surface area contributed by atoms with Gasteiger partial charge in [0.1, 0.15) is 13.1 Å². The van der Waals surface area contributed by atoms with Gasteiger partial charge in [0.2, 0.25) is 5.91 Å². The van der Waals surface area contributed by atoms with E-state index in [0.29, 0.717) is 0 Å². The Balaban J connectivity index is 2.80. The predicted molar refractivity (Wildman–Crippen MR) is 66.8 cm³/mol. The molecule has 1 rings (SSSR count). The number of ether oxygens (including phenoxy) is 1. The number of urea groups is 1. The Hall–Kier alpha value is -1.87. The van der Waals surface area contributed by atoms with Gasteiger partial charge in [-0.25, -0.2) is 4.79 Å². The number of carboxylic acid groups (broad SMARTS) is 1. The third-order valence-electron chi connectivity index (χ3n) is 2.90. The number of rotatable bonds is 5. The molecule has 4 N–H and O–H groups in total. The van der Waals surface area contributed by atoms with E-state index in [0.717, 1.165) is 4.90 Å². The summed E-state index contributed by atoms with van der Waals surface area (Å²) in [6.07, 6.45) is -0.518. The van der Waals surface area contributed by atoms with Crippen LogP contribution in [-0.4, -0.2) is 82.9 Å². The minimum Gasteiger partial charge on any atom is -0.480 e. The number of nitrogens with two attached hydrogens (primary N) is 1. The van der Waals surface area contributed by atoms with Crippen LogP contribution in [0.5, 0.6) is 0 Å². The molecule has 1 heterocycles. The molecular formula is C11H19N3O6. The zero-order valence-corrected chi connectivity index (χ0v) is 11.2. The summed E-state index contributed by atoms with van der Waals surface area (Å²) in [6, 6.07) is -0.894. The monoisotopic (exact) mass is 289 g/mol. The quantitative estimate of drug-likeness (QED) is 0.539. The SMILES string of the molecule is CC1COC(CO)CN1C(=O)N(CC(N)=O)CC(=O)O. The number of aliphatic hydroxyl groups excluding tert-OH is 1. The highest BCUT2D eigenvalue weighted by Gasteiger charge is 2.33. The summed E-state index contributed by atoms with van der Waals surface area (Å²) in [5, 5.41) is 17.8. The average Bonchev–Trinajstić information content (AvgIpc) is 2.36. The summed E-state index contributed by atoms with van der Waals surface area (Å²) in [7, 11) is 0. The van der Waals surface area contributed by atoms with E-state index in [4.69, 9.17) is 20.7 Å². The maximum atomic E-state index is 12.3. The standard InChI is InChI=1S/C11H19N3O6/c1-7-6-20-8(5-15)2-14(7)11(19)13(3-9(12)16)4-10(17)18/h7-8,15H,2-6H2,1H3,(H2,12,16)(H,17,18). The van der Waals surface area contributed by atoms with Gasteiger partial charge >= 0.3 is 12.0 Å². The molecule has 0 aromatic heterocycles. The largest absolute Gasteiger partial charge is 0.480 e. The molecule has 3 amide bonds. The number of hydrogen-bond acceptors (Lipinski definition) is 5. The maximum absolute atomic E-state index is 12.3. The van der Waals surface area contributed by atoms with Crippen LogP contribution in [0.4, 0.5) is 4.79 Å². The molecule has 1 aliphatic heterocycles. The van der Waals surface area contributed by atoms with E-state index in [2.05, 4.69) is 0 Å².